The van der Waals surface area contributed by atoms with Gasteiger partial charge in [0, 0.05) is 5.92 Å². The molecule has 0 spiro atoms. The van der Waals surface area contributed by atoms with E-state index in [0.29, 0.717) is 0 Å². The van der Waals surface area contributed by atoms with Gasteiger partial charge in [-0.1, -0.05) is 47.5 Å². The summed E-state index contributed by atoms with van der Waals surface area (Å²) in [4.78, 5) is 0. The van der Waals surface area contributed by atoms with Gasteiger partial charge in [0.05, 0.1) is 0 Å². The zero-order valence-corrected chi connectivity index (χ0v) is 13.7. The van der Waals surface area contributed by atoms with Crippen LogP contribution in [0, 0.1) is 6.92 Å². The summed E-state index contributed by atoms with van der Waals surface area (Å²) in [6, 6.07) is 11.9. The van der Waals surface area contributed by atoms with Crippen molar-refractivity contribution in [1.82, 2.24) is 0 Å². The molecule has 2 bridgehead atoms. The molecule has 0 nitrogen and oxygen atoms in total. The summed E-state index contributed by atoms with van der Waals surface area (Å²) < 4.78 is 0. The van der Waals surface area contributed by atoms with E-state index in [2.05, 4.69) is 43.3 Å². The van der Waals surface area contributed by atoms with Gasteiger partial charge in [-0.15, -0.1) is 0 Å². The van der Waals surface area contributed by atoms with Crippen molar-refractivity contribution in [2.45, 2.75) is 56.8 Å². The predicted molar refractivity (Wildman–Crippen MR) is 95.9 cm³/mol. The number of benzene rings is 2. The summed E-state index contributed by atoms with van der Waals surface area (Å²) in [6.07, 6.45) is 9.49. The minimum Gasteiger partial charge on any atom is -0.0608 e. The van der Waals surface area contributed by atoms with Crippen molar-refractivity contribution in [3.05, 3.63) is 63.7 Å². The first kappa shape index (κ1) is 12.6. The van der Waals surface area contributed by atoms with Gasteiger partial charge < -0.3 is 0 Å². The maximum atomic E-state index is 2.58. The van der Waals surface area contributed by atoms with Gasteiger partial charge in [-0.2, -0.15) is 0 Å². The van der Waals surface area contributed by atoms with Crippen molar-refractivity contribution < 1.29 is 0 Å². The monoisotopic (exact) mass is 298 g/mol. The molecule has 7 rings (SSSR count). The fourth-order valence-electron chi connectivity index (χ4n) is 5.58. The van der Waals surface area contributed by atoms with Crippen LogP contribution in [0.4, 0.5) is 0 Å². The maximum absolute atomic E-state index is 2.58. The van der Waals surface area contributed by atoms with E-state index in [1.165, 1.54) is 43.2 Å². The molecule has 1 unspecified atom stereocenters. The van der Waals surface area contributed by atoms with Crippen molar-refractivity contribution in [2.75, 3.05) is 0 Å². The first-order valence-corrected chi connectivity index (χ1v) is 9.28. The zero-order chi connectivity index (χ0) is 15.1. The Labute approximate surface area is 138 Å². The summed E-state index contributed by atoms with van der Waals surface area (Å²) in [5, 5.41) is 0. The van der Waals surface area contributed by atoms with Crippen LogP contribution in [-0.4, -0.2) is 0 Å². The minimum atomic E-state index is 0.757. The molecular formula is C23H22. The molecule has 2 aromatic rings. The van der Waals surface area contributed by atoms with Crippen LogP contribution >= 0.6 is 0 Å². The third-order valence-corrected chi connectivity index (χ3v) is 6.80. The zero-order valence-electron chi connectivity index (χ0n) is 13.7. The van der Waals surface area contributed by atoms with Crippen LogP contribution in [0.2, 0.25) is 0 Å². The summed E-state index contributed by atoms with van der Waals surface area (Å²) in [7, 11) is 0. The summed E-state index contributed by atoms with van der Waals surface area (Å²) >= 11 is 0. The molecule has 2 fully saturated rings. The third kappa shape index (κ3) is 1.62. The molecule has 2 saturated carbocycles. The van der Waals surface area contributed by atoms with Crippen LogP contribution in [0.5, 0.6) is 0 Å². The van der Waals surface area contributed by atoms with Crippen LogP contribution in [0.25, 0.3) is 17.2 Å². The van der Waals surface area contributed by atoms with Crippen molar-refractivity contribution in [1.29, 1.82) is 0 Å². The van der Waals surface area contributed by atoms with Crippen LogP contribution < -0.4 is 0 Å². The average Bonchev–Trinajstić information content (AvgIpc) is 3.26. The number of aryl methyl sites for hydroxylation is 1. The lowest BCUT2D eigenvalue weighted by Gasteiger charge is -2.40. The molecule has 0 heterocycles. The van der Waals surface area contributed by atoms with Gasteiger partial charge in [0.15, 0.2) is 0 Å². The highest BCUT2D eigenvalue weighted by molar-refractivity contribution is 5.86. The molecule has 2 aromatic carbocycles. The van der Waals surface area contributed by atoms with E-state index in [0.717, 1.165) is 17.8 Å². The summed E-state index contributed by atoms with van der Waals surface area (Å²) in [5.74, 6) is 2.41. The van der Waals surface area contributed by atoms with Crippen molar-refractivity contribution >= 4 is 6.08 Å². The largest absolute Gasteiger partial charge is 0.0608 e. The Bertz CT molecular complexity index is 858. The van der Waals surface area contributed by atoms with Gasteiger partial charge in [0.1, 0.15) is 0 Å². The van der Waals surface area contributed by atoms with Crippen LogP contribution in [0.3, 0.4) is 0 Å². The molecule has 0 amide bonds. The van der Waals surface area contributed by atoms with Gasteiger partial charge in [-0.3, -0.25) is 0 Å². The van der Waals surface area contributed by atoms with E-state index >= 15 is 0 Å². The normalized spacial score (nSPS) is 28.9. The Morgan fingerprint density at radius 3 is 2.39 bits per heavy atom. The molecule has 0 aromatic heterocycles. The van der Waals surface area contributed by atoms with Crippen LogP contribution in [-0.2, 0) is 0 Å². The first-order chi connectivity index (χ1) is 11.3. The van der Waals surface area contributed by atoms with Crippen molar-refractivity contribution in [3.8, 4) is 11.1 Å². The van der Waals surface area contributed by atoms with Crippen LogP contribution in [0.1, 0.15) is 77.7 Å². The Balaban J connectivity index is 1.68. The molecule has 0 radical (unpaired) electrons. The second-order valence-electron chi connectivity index (χ2n) is 8.15. The second-order valence-corrected chi connectivity index (χ2v) is 8.15. The van der Waals surface area contributed by atoms with E-state index in [1.807, 2.05) is 0 Å². The molecule has 0 heteroatoms. The molecule has 5 aliphatic carbocycles. The van der Waals surface area contributed by atoms with Gasteiger partial charge in [-0.05, 0) is 84.2 Å². The second kappa shape index (κ2) is 4.17. The van der Waals surface area contributed by atoms with E-state index in [4.69, 9.17) is 0 Å². The molecule has 1 atom stereocenters. The number of allylic oxidation sites excluding steroid dienone is 1. The van der Waals surface area contributed by atoms with E-state index in [1.54, 1.807) is 33.4 Å². The predicted octanol–water partition coefficient (Wildman–Crippen LogP) is 6.30. The maximum Gasteiger partial charge on any atom is 0.0101 e. The molecular weight excluding hydrogens is 276 g/mol. The first-order valence-electron chi connectivity index (χ1n) is 9.28. The standard InChI is InChI=1S/C23H22/c1-13-2-4-16(5-3-13)23-21-15-8-6-14(7-9-15)19(21)12-18-10-17-11-20(17)22(18)23/h2-5,10,12,14-15,20H,6-9,11H2,1H3. The van der Waals surface area contributed by atoms with E-state index in [9.17, 15) is 0 Å². The fraction of sp³-hybridized carbons (Fsp3) is 0.391. The molecule has 0 saturated heterocycles. The molecule has 0 aliphatic heterocycles. The van der Waals surface area contributed by atoms with Crippen molar-refractivity contribution in [2.24, 2.45) is 0 Å². The number of hydrogen-bond donors (Lipinski definition) is 0. The highest BCUT2D eigenvalue weighted by atomic mass is 14.5. The smallest absolute Gasteiger partial charge is 0.0101 e. The van der Waals surface area contributed by atoms with Gasteiger partial charge in [0.25, 0.3) is 0 Å². The van der Waals surface area contributed by atoms with Gasteiger partial charge in [-0.25, -0.2) is 0 Å². The number of fused-ring (bicyclic) bond motifs is 5. The molecule has 23 heavy (non-hydrogen) atoms. The molecule has 114 valence electrons. The number of hydrogen-bond acceptors (Lipinski definition) is 0. The Kier molecular flexibility index (Phi) is 2.28. The van der Waals surface area contributed by atoms with E-state index in [-0.39, 0.29) is 0 Å². The van der Waals surface area contributed by atoms with Crippen molar-refractivity contribution in [3.63, 3.8) is 0 Å². The quantitative estimate of drug-likeness (QED) is 0.579. The minimum absolute atomic E-state index is 0.757. The fourth-order valence-corrected chi connectivity index (χ4v) is 5.58. The topological polar surface area (TPSA) is 0 Å². The molecule has 5 aliphatic rings. The molecule has 0 N–H and O–H groups in total. The summed E-state index contributed by atoms with van der Waals surface area (Å²) in [6.45, 7) is 2.19. The lowest BCUT2D eigenvalue weighted by molar-refractivity contribution is 0.359. The highest BCUT2D eigenvalue weighted by Crippen LogP contribution is 2.61. The summed E-state index contributed by atoms with van der Waals surface area (Å²) in [5.41, 5.74) is 12.8. The Morgan fingerprint density at radius 2 is 1.61 bits per heavy atom. The van der Waals surface area contributed by atoms with E-state index < -0.39 is 0 Å². The average molecular weight is 298 g/mol. The Hall–Kier alpha value is -1.82. The third-order valence-electron chi connectivity index (χ3n) is 6.80. The van der Waals surface area contributed by atoms with Gasteiger partial charge in [0.2, 0.25) is 0 Å². The SMILES string of the molecule is Cc1ccc(-c2c3c(cc4c2C2CC2=C4)C2CCC3CC2)cc1. The lowest BCUT2D eigenvalue weighted by Crippen LogP contribution is -2.23. The Morgan fingerprint density at radius 1 is 0.870 bits per heavy atom. The number of rotatable bonds is 1. The van der Waals surface area contributed by atoms with Gasteiger partial charge >= 0.3 is 0 Å². The lowest BCUT2D eigenvalue weighted by atomic mass is 9.64. The highest BCUT2D eigenvalue weighted by Gasteiger charge is 2.43. The van der Waals surface area contributed by atoms with Crippen LogP contribution in [0.15, 0.2) is 35.9 Å².